The minimum absolute atomic E-state index is 0.327. The second-order valence-electron chi connectivity index (χ2n) is 7.67. The third-order valence-corrected chi connectivity index (χ3v) is 5.78. The molecule has 0 bridgehead atoms. The molecular weight excluding hydrogens is 352 g/mol. The third kappa shape index (κ3) is 3.96. The number of furan rings is 1. The number of benzene rings is 2. The molecular formula is C23H28N2O3+2. The number of hydrogen-bond acceptors (Lipinski definition) is 3. The largest absolute Gasteiger partial charge is 0.465 e. The Labute approximate surface area is 165 Å². The molecule has 5 nitrogen and oxygen atoms in total. The molecule has 2 heterocycles. The zero-order valence-electron chi connectivity index (χ0n) is 16.6. The number of quaternary nitrogens is 2. The number of esters is 1. The van der Waals surface area contributed by atoms with E-state index in [4.69, 9.17) is 9.15 Å². The van der Waals surface area contributed by atoms with Gasteiger partial charge in [0.05, 0.1) is 7.11 Å². The first-order chi connectivity index (χ1) is 13.6. The van der Waals surface area contributed by atoms with E-state index in [0.29, 0.717) is 11.3 Å². The van der Waals surface area contributed by atoms with Crippen molar-refractivity contribution >= 4 is 16.7 Å². The molecule has 0 atom stereocenters. The van der Waals surface area contributed by atoms with Crippen molar-refractivity contribution < 1.29 is 23.7 Å². The molecule has 1 fully saturated rings. The topological polar surface area (TPSA) is 48.3 Å². The van der Waals surface area contributed by atoms with Gasteiger partial charge in [-0.05, 0) is 17.7 Å². The lowest BCUT2D eigenvalue weighted by molar-refractivity contribution is -1.02. The van der Waals surface area contributed by atoms with Gasteiger partial charge in [-0.25, -0.2) is 4.79 Å². The summed E-state index contributed by atoms with van der Waals surface area (Å²) in [5.74, 6) is 1.18. The van der Waals surface area contributed by atoms with Crippen LogP contribution in [0.15, 0.2) is 52.9 Å². The van der Waals surface area contributed by atoms with Crippen LogP contribution in [0.4, 0.5) is 0 Å². The van der Waals surface area contributed by atoms with Gasteiger partial charge in [0.2, 0.25) is 0 Å². The zero-order chi connectivity index (χ0) is 19.5. The molecule has 28 heavy (non-hydrogen) atoms. The van der Waals surface area contributed by atoms with Crippen molar-refractivity contribution in [1.29, 1.82) is 0 Å². The highest BCUT2D eigenvalue weighted by Gasteiger charge is 2.25. The minimum atomic E-state index is -0.327. The van der Waals surface area contributed by atoms with Gasteiger partial charge in [0.25, 0.3) is 0 Å². The summed E-state index contributed by atoms with van der Waals surface area (Å²) in [6, 6.07) is 17.1. The van der Waals surface area contributed by atoms with Crippen molar-refractivity contribution in [2.45, 2.75) is 20.0 Å². The summed E-state index contributed by atoms with van der Waals surface area (Å²) in [5.41, 5.74) is 1.97. The van der Waals surface area contributed by atoms with Crippen LogP contribution in [0.5, 0.6) is 0 Å². The summed E-state index contributed by atoms with van der Waals surface area (Å²) in [5, 5.41) is 2.69. The Bertz CT molecular complexity index is 966. The van der Waals surface area contributed by atoms with Gasteiger partial charge < -0.3 is 19.0 Å². The number of carbonyl (C=O) groups is 1. The Morgan fingerprint density at radius 2 is 1.68 bits per heavy atom. The van der Waals surface area contributed by atoms with E-state index >= 15 is 0 Å². The first-order valence-electron chi connectivity index (χ1n) is 9.95. The Balaban J connectivity index is 1.35. The molecule has 0 spiro atoms. The van der Waals surface area contributed by atoms with Crippen LogP contribution in [0, 0.1) is 6.92 Å². The summed E-state index contributed by atoms with van der Waals surface area (Å²) in [6.07, 6.45) is 0. The fourth-order valence-corrected chi connectivity index (χ4v) is 4.22. The van der Waals surface area contributed by atoms with E-state index in [-0.39, 0.29) is 5.97 Å². The zero-order valence-corrected chi connectivity index (χ0v) is 16.6. The van der Waals surface area contributed by atoms with E-state index in [1.54, 1.807) is 4.90 Å². The Morgan fingerprint density at radius 1 is 1.00 bits per heavy atom. The predicted octanol–water partition coefficient (Wildman–Crippen LogP) is 1.01. The highest BCUT2D eigenvalue weighted by Crippen LogP contribution is 2.17. The monoisotopic (exact) mass is 380 g/mol. The van der Waals surface area contributed by atoms with Crippen molar-refractivity contribution in [1.82, 2.24) is 0 Å². The van der Waals surface area contributed by atoms with E-state index in [1.807, 2.05) is 13.0 Å². The lowest BCUT2D eigenvalue weighted by atomic mass is 10.0. The Kier molecular flexibility index (Phi) is 5.46. The Hall–Kier alpha value is -2.63. The lowest BCUT2D eigenvalue weighted by Crippen LogP contribution is -3.27. The highest BCUT2D eigenvalue weighted by atomic mass is 16.5. The van der Waals surface area contributed by atoms with Crippen LogP contribution >= 0.6 is 0 Å². The number of hydrogen-bond donors (Lipinski definition) is 2. The van der Waals surface area contributed by atoms with Gasteiger partial charge in [-0.3, -0.25) is 0 Å². The van der Waals surface area contributed by atoms with Crippen LogP contribution < -0.4 is 9.80 Å². The number of rotatable bonds is 5. The molecule has 5 heteroatoms. The third-order valence-electron chi connectivity index (χ3n) is 5.78. The molecule has 2 aromatic carbocycles. The molecule has 1 aromatic heterocycles. The molecule has 0 aliphatic carbocycles. The second-order valence-corrected chi connectivity index (χ2v) is 7.67. The number of carbonyl (C=O) groups excluding carboxylic acids is 1. The van der Waals surface area contributed by atoms with Gasteiger partial charge >= 0.3 is 5.97 Å². The first-order valence-corrected chi connectivity index (χ1v) is 9.95. The smallest absolute Gasteiger partial charge is 0.341 e. The van der Waals surface area contributed by atoms with Gasteiger partial charge in [-0.1, -0.05) is 42.5 Å². The first kappa shape index (κ1) is 18.7. The fourth-order valence-electron chi connectivity index (χ4n) is 4.22. The van der Waals surface area contributed by atoms with Crippen molar-refractivity contribution in [3.05, 3.63) is 71.2 Å². The summed E-state index contributed by atoms with van der Waals surface area (Å²) >= 11 is 0. The summed E-state index contributed by atoms with van der Waals surface area (Å²) in [7, 11) is 1.40. The number of ether oxygens (including phenoxy) is 1. The maximum atomic E-state index is 11.8. The van der Waals surface area contributed by atoms with Crippen molar-refractivity contribution in [2.75, 3.05) is 33.3 Å². The summed E-state index contributed by atoms with van der Waals surface area (Å²) in [4.78, 5) is 14.9. The van der Waals surface area contributed by atoms with E-state index < -0.39 is 0 Å². The summed E-state index contributed by atoms with van der Waals surface area (Å²) < 4.78 is 10.6. The molecule has 1 aliphatic rings. The molecule has 146 valence electrons. The molecule has 0 saturated carbocycles. The maximum absolute atomic E-state index is 11.8. The molecule has 3 aromatic rings. The SMILES string of the molecule is COC(=O)c1cc(C[NH+]2CC[NH+](Cc3cccc4ccccc34)CC2)oc1C. The number of fused-ring (bicyclic) bond motifs is 1. The lowest BCUT2D eigenvalue weighted by Gasteiger charge is -2.29. The second kappa shape index (κ2) is 8.17. The number of nitrogens with one attached hydrogen (secondary N) is 2. The number of methoxy groups -OCH3 is 1. The minimum Gasteiger partial charge on any atom is -0.465 e. The number of aryl methyl sites for hydroxylation is 1. The average Bonchev–Trinajstić information content (AvgIpc) is 3.09. The van der Waals surface area contributed by atoms with Crippen LogP contribution in [0.25, 0.3) is 10.8 Å². The summed E-state index contributed by atoms with van der Waals surface area (Å²) in [6.45, 7) is 8.20. The Morgan fingerprint density at radius 3 is 2.43 bits per heavy atom. The predicted molar refractivity (Wildman–Crippen MR) is 108 cm³/mol. The average molecular weight is 380 g/mol. The highest BCUT2D eigenvalue weighted by molar-refractivity contribution is 5.90. The van der Waals surface area contributed by atoms with Gasteiger partial charge in [0.1, 0.15) is 50.6 Å². The molecule has 0 radical (unpaired) electrons. The van der Waals surface area contributed by atoms with Gasteiger partial charge in [-0.15, -0.1) is 0 Å². The molecule has 2 N–H and O–H groups in total. The van der Waals surface area contributed by atoms with Gasteiger partial charge in [0.15, 0.2) is 5.76 Å². The number of piperazine rings is 1. The van der Waals surface area contributed by atoms with Gasteiger partial charge in [-0.2, -0.15) is 0 Å². The van der Waals surface area contributed by atoms with Crippen LogP contribution in [-0.2, 0) is 17.8 Å². The van der Waals surface area contributed by atoms with Crippen molar-refractivity contribution in [3.8, 4) is 0 Å². The van der Waals surface area contributed by atoms with Crippen molar-refractivity contribution in [2.24, 2.45) is 0 Å². The van der Waals surface area contributed by atoms with E-state index in [2.05, 4.69) is 42.5 Å². The molecule has 0 unspecified atom stereocenters. The molecule has 4 rings (SSSR count). The van der Waals surface area contributed by atoms with Crippen LogP contribution in [0.1, 0.15) is 27.4 Å². The van der Waals surface area contributed by atoms with Crippen LogP contribution in [0.2, 0.25) is 0 Å². The van der Waals surface area contributed by atoms with Gasteiger partial charge in [0, 0.05) is 11.6 Å². The standard InChI is InChI=1S/C23H26N2O3/c1-17-22(23(26)27-2)14-20(28-17)16-25-12-10-24(11-13-25)15-19-8-5-7-18-6-3-4-9-21(18)19/h3-9,14H,10-13,15-16H2,1-2H3/p+2. The van der Waals surface area contributed by atoms with E-state index in [0.717, 1.165) is 45.0 Å². The molecule has 0 amide bonds. The maximum Gasteiger partial charge on any atom is 0.341 e. The fraction of sp³-hybridized carbons (Fsp3) is 0.348. The van der Waals surface area contributed by atoms with Crippen LogP contribution in [0.3, 0.4) is 0 Å². The van der Waals surface area contributed by atoms with E-state index in [9.17, 15) is 4.79 Å². The van der Waals surface area contributed by atoms with Crippen molar-refractivity contribution in [3.63, 3.8) is 0 Å². The quantitative estimate of drug-likeness (QED) is 0.650. The van der Waals surface area contributed by atoms with E-state index in [1.165, 1.54) is 28.3 Å². The molecule has 1 aliphatic heterocycles. The molecule has 1 saturated heterocycles. The van der Waals surface area contributed by atoms with Crippen LogP contribution in [-0.4, -0.2) is 39.3 Å². The normalized spacial score (nSPS) is 19.6.